The number of likely N-dealkylation sites (tertiary alicyclic amines) is 2. The molecule has 2 heterocycles. The minimum absolute atomic E-state index is 0.0224. The van der Waals surface area contributed by atoms with Gasteiger partial charge in [0, 0.05) is 19.1 Å². The Bertz CT molecular complexity index is 357. The lowest BCUT2D eigenvalue weighted by Crippen LogP contribution is -2.42. The Hall–Kier alpha value is -1.08. The first-order valence-electron chi connectivity index (χ1n) is 7.05. The molecule has 2 rings (SSSR count). The Labute approximate surface area is 110 Å². The normalized spacial score (nSPS) is 28.1. The van der Waals surface area contributed by atoms with Crippen molar-refractivity contribution < 1.29 is 4.79 Å². The summed E-state index contributed by atoms with van der Waals surface area (Å²) in [6, 6.07) is 2.71. The average Bonchev–Trinajstić information content (AvgIpc) is 3.06. The molecular formula is C14H23N3O. The molecule has 0 aliphatic carbocycles. The molecular weight excluding hydrogens is 226 g/mol. The van der Waals surface area contributed by atoms with Crippen molar-refractivity contribution in [1.29, 1.82) is 5.26 Å². The lowest BCUT2D eigenvalue weighted by Gasteiger charge is -2.27. The number of hydrogen-bond acceptors (Lipinski definition) is 3. The molecule has 2 aliphatic heterocycles. The van der Waals surface area contributed by atoms with Gasteiger partial charge in [0.2, 0.25) is 5.91 Å². The molecule has 0 saturated carbocycles. The molecule has 2 saturated heterocycles. The van der Waals surface area contributed by atoms with Gasteiger partial charge in [-0.05, 0) is 45.7 Å². The van der Waals surface area contributed by atoms with Crippen LogP contribution in [-0.4, -0.2) is 47.9 Å². The highest BCUT2D eigenvalue weighted by molar-refractivity contribution is 5.85. The monoisotopic (exact) mass is 249 g/mol. The first-order chi connectivity index (χ1) is 8.60. The third-order valence-corrected chi connectivity index (χ3v) is 4.53. The SMILES string of the molecule is CCC(C)(C#N)C(=O)N1CCC(N2CCCC2)C1. The van der Waals surface area contributed by atoms with Crippen LogP contribution in [0.4, 0.5) is 0 Å². The molecule has 0 aromatic rings. The Morgan fingerprint density at radius 3 is 2.61 bits per heavy atom. The number of nitrogens with zero attached hydrogens (tertiary/aromatic N) is 3. The van der Waals surface area contributed by atoms with Crippen molar-refractivity contribution in [3.8, 4) is 6.07 Å². The van der Waals surface area contributed by atoms with Crippen LogP contribution in [0.5, 0.6) is 0 Å². The first-order valence-corrected chi connectivity index (χ1v) is 7.05. The molecule has 1 amide bonds. The van der Waals surface area contributed by atoms with Crippen LogP contribution in [-0.2, 0) is 4.79 Å². The van der Waals surface area contributed by atoms with Crippen LogP contribution in [0.25, 0.3) is 0 Å². The summed E-state index contributed by atoms with van der Waals surface area (Å²) < 4.78 is 0. The zero-order valence-corrected chi connectivity index (χ0v) is 11.5. The van der Waals surface area contributed by atoms with E-state index in [1.165, 1.54) is 25.9 Å². The van der Waals surface area contributed by atoms with E-state index in [1.807, 2.05) is 11.8 Å². The zero-order chi connectivity index (χ0) is 13.2. The molecule has 2 atom stereocenters. The van der Waals surface area contributed by atoms with Crippen molar-refractivity contribution in [2.75, 3.05) is 26.2 Å². The van der Waals surface area contributed by atoms with Gasteiger partial charge in [-0.3, -0.25) is 9.69 Å². The van der Waals surface area contributed by atoms with Gasteiger partial charge in [-0.2, -0.15) is 5.26 Å². The molecule has 0 aromatic heterocycles. The summed E-state index contributed by atoms with van der Waals surface area (Å²) in [5, 5.41) is 9.19. The average molecular weight is 249 g/mol. The van der Waals surface area contributed by atoms with Crippen LogP contribution in [0.2, 0.25) is 0 Å². The number of amides is 1. The number of carbonyl (C=O) groups excluding carboxylic acids is 1. The van der Waals surface area contributed by atoms with Gasteiger partial charge in [-0.1, -0.05) is 6.92 Å². The van der Waals surface area contributed by atoms with E-state index in [9.17, 15) is 10.1 Å². The summed E-state index contributed by atoms with van der Waals surface area (Å²) in [5.74, 6) is 0.0224. The molecule has 0 N–H and O–H groups in total. The smallest absolute Gasteiger partial charge is 0.242 e. The summed E-state index contributed by atoms with van der Waals surface area (Å²) in [6.45, 7) is 7.66. The fourth-order valence-electron chi connectivity index (χ4n) is 2.96. The topological polar surface area (TPSA) is 47.3 Å². The van der Waals surface area contributed by atoms with Gasteiger partial charge in [0.05, 0.1) is 6.07 Å². The van der Waals surface area contributed by atoms with E-state index >= 15 is 0 Å². The maximum atomic E-state index is 12.4. The Balaban J connectivity index is 1.96. The van der Waals surface area contributed by atoms with Gasteiger partial charge in [-0.15, -0.1) is 0 Å². The van der Waals surface area contributed by atoms with Gasteiger partial charge in [0.25, 0.3) is 0 Å². The predicted octanol–water partition coefficient (Wildman–Crippen LogP) is 1.62. The Morgan fingerprint density at radius 2 is 2.06 bits per heavy atom. The molecule has 0 aromatic carbocycles. The third-order valence-electron chi connectivity index (χ3n) is 4.53. The summed E-state index contributed by atoms with van der Waals surface area (Å²) >= 11 is 0. The molecule has 0 spiro atoms. The molecule has 0 bridgehead atoms. The van der Waals surface area contributed by atoms with Gasteiger partial charge in [0.15, 0.2) is 0 Å². The predicted molar refractivity (Wildman–Crippen MR) is 69.8 cm³/mol. The second-order valence-corrected chi connectivity index (χ2v) is 5.73. The van der Waals surface area contributed by atoms with E-state index in [0.717, 1.165) is 19.5 Å². The standard InChI is InChI=1S/C14H23N3O/c1-3-14(2,11-15)13(18)17-9-6-12(10-17)16-7-4-5-8-16/h12H,3-10H2,1-2H3. The second-order valence-electron chi connectivity index (χ2n) is 5.73. The number of hydrogen-bond donors (Lipinski definition) is 0. The quantitative estimate of drug-likeness (QED) is 0.763. The van der Waals surface area contributed by atoms with Crippen molar-refractivity contribution in [1.82, 2.24) is 9.80 Å². The van der Waals surface area contributed by atoms with E-state index in [4.69, 9.17) is 0 Å². The Kier molecular flexibility index (Phi) is 3.91. The summed E-state index contributed by atoms with van der Waals surface area (Å²) in [6.07, 6.45) is 4.23. The van der Waals surface area contributed by atoms with Crippen LogP contribution in [0.15, 0.2) is 0 Å². The van der Waals surface area contributed by atoms with Crippen LogP contribution >= 0.6 is 0 Å². The van der Waals surface area contributed by atoms with E-state index in [0.29, 0.717) is 12.5 Å². The van der Waals surface area contributed by atoms with Crippen molar-refractivity contribution in [2.45, 2.75) is 45.6 Å². The molecule has 2 aliphatic rings. The molecule has 18 heavy (non-hydrogen) atoms. The lowest BCUT2D eigenvalue weighted by molar-refractivity contribution is -0.137. The summed E-state index contributed by atoms with van der Waals surface area (Å²) in [4.78, 5) is 16.8. The van der Waals surface area contributed by atoms with E-state index < -0.39 is 5.41 Å². The van der Waals surface area contributed by atoms with E-state index in [1.54, 1.807) is 6.92 Å². The first kappa shape index (κ1) is 13.4. The number of carbonyl (C=O) groups is 1. The highest BCUT2D eigenvalue weighted by Gasteiger charge is 2.39. The minimum Gasteiger partial charge on any atom is -0.340 e. The molecule has 0 radical (unpaired) electrons. The minimum atomic E-state index is -0.833. The van der Waals surface area contributed by atoms with Gasteiger partial charge in [0.1, 0.15) is 5.41 Å². The highest BCUT2D eigenvalue weighted by atomic mass is 16.2. The lowest BCUT2D eigenvalue weighted by atomic mass is 9.88. The molecule has 2 fully saturated rings. The van der Waals surface area contributed by atoms with Gasteiger partial charge >= 0.3 is 0 Å². The van der Waals surface area contributed by atoms with E-state index in [2.05, 4.69) is 11.0 Å². The van der Waals surface area contributed by atoms with Crippen LogP contribution < -0.4 is 0 Å². The fourth-order valence-corrected chi connectivity index (χ4v) is 2.96. The maximum absolute atomic E-state index is 12.4. The molecule has 100 valence electrons. The van der Waals surface area contributed by atoms with Crippen LogP contribution in [0, 0.1) is 16.7 Å². The molecule has 4 nitrogen and oxygen atoms in total. The Morgan fingerprint density at radius 1 is 1.39 bits per heavy atom. The largest absolute Gasteiger partial charge is 0.340 e. The highest BCUT2D eigenvalue weighted by Crippen LogP contribution is 2.27. The summed E-state index contributed by atoms with van der Waals surface area (Å²) in [5.41, 5.74) is -0.833. The third kappa shape index (κ3) is 2.37. The molecule has 4 heteroatoms. The van der Waals surface area contributed by atoms with Crippen LogP contribution in [0.3, 0.4) is 0 Å². The second kappa shape index (κ2) is 5.27. The fraction of sp³-hybridized carbons (Fsp3) is 0.857. The zero-order valence-electron chi connectivity index (χ0n) is 11.5. The van der Waals surface area contributed by atoms with Crippen molar-refractivity contribution in [3.63, 3.8) is 0 Å². The molecule has 2 unspecified atom stereocenters. The van der Waals surface area contributed by atoms with E-state index in [-0.39, 0.29) is 5.91 Å². The van der Waals surface area contributed by atoms with Gasteiger partial charge in [-0.25, -0.2) is 0 Å². The van der Waals surface area contributed by atoms with Crippen LogP contribution in [0.1, 0.15) is 39.5 Å². The van der Waals surface area contributed by atoms with Crippen molar-refractivity contribution in [3.05, 3.63) is 0 Å². The van der Waals surface area contributed by atoms with Crippen molar-refractivity contribution in [2.24, 2.45) is 5.41 Å². The maximum Gasteiger partial charge on any atom is 0.242 e. The van der Waals surface area contributed by atoms with Gasteiger partial charge < -0.3 is 4.90 Å². The number of rotatable bonds is 3. The summed E-state index contributed by atoms with van der Waals surface area (Å²) in [7, 11) is 0. The number of nitriles is 1. The van der Waals surface area contributed by atoms with Crippen molar-refractivity contribution >= 4 is 5.91 Å².